The van der Waals surface area contributed by atoms with E-state index in [2.05, 4.69) is 15.3 Å². The van der Waals surface area contributed by atoms with Gasteiger partial charge in [0.1, 0.15) is 34.5 Å². The fourth-order valence-electron chi connectivity index (χ4n) is 4.91. The highest BCUT2D eigenvalue weighted by molar-refractivity contribution is 5.85. The van der Waals surface area contributed by atoms with Crippen LogP contribution in [0, 0.1) is 11.5 Å². The van der Waals surface area contributed by atoms with Crippen LogP contribution in [0.25, 0.3) is 27.9 Å². The lowest BCUT2D eigenvalue weighted by molar-refractivity contribution is 0.0755. The molecule has 1 aromatic carbocycles. The lowest BCUT2D eigenvalue weighted by atomic mass is 10.1. The standard InChI is InChI=1S/C22H21N7O3/c1-13-14(7-10-32-13)29-16-6-4-3-5-15(16)27-12-24-17(19(27)21(29)30)18-20(22(31-2)8-9-22)25-26-28(18)11-23/h3-6,12-14H,7-10H2,1-2H3. The van der Waals surface area contributed by atoms with Gasteiger partial charge in [-0.05, 0) is 38.3 Å². The molecule has 2 atom stereocenters. The SMILES string of the molecule is COC1(c2nnn(C#N)c2-c2ncn3c2c(=O)n(C2CCOC2C)c2ccccc23)CC1. The Morgan fingerprint density at radius 1 is 1.28 bits per heavy atom. The fraction of sp³-hybridized carbons (Fsp3) is 0.409. The minimum Gasteiger partial charge on any atom is -0.376 e. The van der Waals surface area contributed by atoms with Gasteiger partial charge in [-0.25, -0.2) is 4.98 Å². The van der Waals surface area contributed by atoms with Crippen molar-refractivity contribution >= 4 is 16.6 Å². The average molecular weight is 431 g/mol. The summed E-state index contributed by atoms with van der Waals surface area (Å²) in [6.07, 6.45) is 5.87. The highest BCUT2D eigenvalue weighted by Gasteiger charge is 2.50. The van der Waals surface area contributed by atoms with Crippen LogP contribution in [-0.2, 0) is 15.1 Å². The monoisotopic (exact) mass is 431 g/mol. The molecule has 2 unspecified atom stereocenters. The maximum Gasteiger partial charge on any atom is 0.278 e. The Hall–Kier alpha value is -3.55. The van der Waals surface area contributed by atoms with Crippen LogP contribution in [0.15, 0.2) is 35.4 Å². The first-order valence-corrected chi connectivity index (χ1v) is 10.6. The number of hydrogen-bond donors (Lipinski definition) is 0. The number of methoxy groups -OCH3 is 1. The highest BCUT2D eigenvalue weighted by atomic mass is 16.5. The molecular weight excluding hydrogens is 410 g/mol. The van der Waals surface area contributed by atoms with Crippen LogP contribution in [0.1, 0.15) is 37.9 Å². The Kier molecular flexibility index (Phi) is 4.02. The summed E-state index contributed by atoms with van der Waals surface area (Å²) in [5.41, 5.74) is 2.61. The van der Waals surface area contributed by atoms with E-state index in [9.17, 15) is 10.1 Å². The van der Waals surface area contributed by atoms with Crippen molar-refractivity contribution in [1.29, 1.82) is 5.26 Å². The number of rotatable bonds is 4. The summed E-state index contributed by atoms with van der Waals surface area (Å²) in [7, 11) is 1.62. The van der Waals surface area contributed by atoms with Gasteiger partial charge in [-0.1, -0.05) is 17.3 Å². The summed E-state index contributed by atoms with van der Waals surface area (Å²) in [6.45, 7) is 2.60. The minimum absolute atomic E-state index is 0.0879. The Bertz CT molecular complexity index is 1470. The second-order valence-corrected chi connectivity index (χ2v) is 8.40. The van der Waals surface area contributed by atoms with Crippen molar-refractivity contribution < 1.29 is 9.47 Å². The van der Waals surface area contributed by atoms with E-state index >= 15 is 0 Å². The lowest BCUT2D eigenvalue weighted by Crippen LogP contribution is -2.30. The zero-order valence-electron chi connectivity index (χ0n) is 17.7. The molecule has 0 spiro atoms. The van der Waals surface area contributed by atoms with Crippen molar-refractivity contribution in [2.24, 2.45) is 0 Å². The van der Waals surface area contributed by atoms with E-state index in [-0.39, 0.29) is 17.7 Å². The van der Waals surface area contributed by atoms with Gasteiger partial charge in [-0.15, -0.1) is 9.78 Å². The van der Waals surface area contributed by atoms with Crippen molar-refractivity contribution in [2.75, 3.05) is 13.7 Å². The van der Waals surface area contributed by atoms with Gasteiger partial charge in [0.05, 0.1) is 23.2 Å². The number of imidazole rings is 1. The molecule has 162 valence electrons. The van der Waals surface area contributed by atoms with Crippen LogP contribution in [0.5, 0.6) is 0 Å². The molecule has 4 aromatic rings. The molecule has 10 heteroatoms. The second-order valence-electron chi connectivity index (χ2n) is 8.40. The van der Waals surface area contributed by atoms with Gasteiger partial charge in [-0.2, -0.15) is 5.26 Å². The summed E-state index contributed by atoms with van der Waals surface area (Å²) in [5, 5.41) is 17.9. The van der Waals surface area contributed by atoms with Crippen LogP contribution >= 0.6 is 0 Å². The summed E-state index contributed by atoms with van der Waals surface area (Å²) < 4.78 is 16.2. The van der Waals surface area contributed by atoms with Gasteiger partial charge in [-0.3, -0.25) is 13.8 Å². The molecule has 0 N–H and O–H groups in total. The topological polar surface area (TPSA) is 112 Å². The van der Waals surface area contributed by atoms with Crippen molar-refractivity contribution in [3.05, 3.63) is 46.6 Å². The number of benzene rings is 1. The predicted octanol–water partition coefficient (Wildman–Crippen LogP) is 2.22. The number of aromatic nitrogens is 6. The van der Waals surface area contributed by atoms with E-state index < -0.39 is 5.60 Å². The quantitative estimate of drug-likeness (QED) is 0.487. The fourth-order valence-corrected chi connectivity index (χ4v) is 4.91. The van der Waals surface area contributed by atoms with Crippen molar-refractivity contribution in [2.45, 2.75) is 43.9 Å². The minimum atomic E-state index is -0.593. The molecule has 1 aliphatic heterocycles. The zero-order chi connectivity index (χ0) is 22.0. The van der Waals surface area contributed by atoms with E-state index in [1.807, 2.05) is 41.9 Å². The molecule has 3 aromatic heterocycles. The van der Waals surface area contributed by atoms with Crippen molar-refractivity contribution in [3.63, 3.8) is 0 Å². The lowest BCUT2D eigenvalue weighted by Gasteiger charge is -2.21. The molecule has 0 radical (unpaired) electrons. The van der Waals surface area contributed by atoms with E-state index in [0.717, 1.165) is 35.0 Å². The van der Waals surface area contributed by atoms with Crippen LogP contribution in [0.3, 0.4) is 0 Å². The molecule has 4 heterocycles. The first-order valence-electron chi connectivity index (χ1n) is 10.6. The van der Waals surface area contributed by atoms with Crippen LogP contribution in [0.2, 0.25) is 0 Å². The summed E-state index contributed by atoms with van der Waals surface area (Å²) in [4.78, 5) is 18.6. The molecule has 0 bridgehead atoms. The molecule has 6 rings (SSSR count). The number of hydrogen-bond acceptors (Lipinski definition) is 7. The Morgan fingerprint density at radius 2 is 2.06 bits per heavy atom. The van der Waals surface area contributed by atoms with E-state index in [0.29, 0.717) is 29.2 Å². The first-order chi connectivity index (χ1) is 15.6. The molecule has 1 aliphatic carbocycles. The Balaban J connectivity index is 1.71. The largest absolute Gasteiger partial charge is 0.376 e. The van der Waals surface area contributed by atoms with E-state index in [1.54, 1.807) is 17.8 Å². The number of nitrogens with zero attached hydrogens (tertiary/aromatic N) is 7. The van der Waals surface area contributed by atoms with Gasteiger partial charge < -0.3 is 9.47 Å². The molecule has 2 aliphatic rings. The normalized spacial score (nSPS) is 21.9. The van der Waals surface area contributed by atoms with Crippen LogP contribution in [0.4, 0.5) is 0 Å². The number of ether oxygens (including phenoxy) is 2. The third-order valence-electron chi connectivity index (χ3n) is 6.77. The van der Waals surface area contributed by atoms with Gasteiger partial charge in [0.15, 0.2) is 0 Å². The summed E-state index contributed by atoms with van der Waals surface area (Å²) in [5.74, 6) is 0. The van der Waals surface area contributed by atoms with Crippen molar-refractivity contribution in [3.8, 4) is 17.6 Å². The Morgan fingerprint density at radius 3 is 2.72 bits per heavy atom. The predicted molar refractivity (Wildman–Crippen MR) is 114 cm³/mol. The van der Waals surface area contributed by atoms with Crippen LogP contribution < -0.4 is 5.56 Å². The molecular formula is C22H21N7O3. The third kappa shape index (κ3) is 2.46. The smallest absolute Gasteiger partial charge is 0.278 e. The van der Waals surface area contributed by atoms with Gasteiger partial charge in [0.25, 0.3) is 5.56 Å². The van der Waals surface area contributed by atoms with Crippen LogP contribution in [-0.4, -0.2) is 48.8 Å². The van der Waals surface area contributed by atoms with Crippen molar-refractivity contribution in [1.82, 2.24) is 28.9 Å². The highest BCUT2D eigenvalue weighted by Crippen LogP contribution is 2.50. The molecule has 10 nitrogen and oxygen atoms in total. The average Bonchev–Trinajstić information content (AvgIpc) is 3.13. The summed E-state index contributed by atoms with van der Waals surface area (Å²) in [6, 6.07) is 7.67. The zero-order valence-corrected chi connectivity index (χ0v) is 17.7. The number of fused-ring (bicyclic) bond motifs is 3. The molecule has 1 saturated carbocycles. The molecule has 2 fully saturated rings. The maximum absolute atomic E-state index is 14.0. The summed E-state index contributed by atoms with van der Waals surface area (Å²) >= 11 is 0. The molecule has 1 saturated heterocycles. The van der Waals surface area contributed by atoms with Gasteiger partial charge >= 0.3 is 0 Å². The second kappa shape index (κ2) is 6.72. The molecule has 32 heavy (non-hydrogen) atoms. The number of para-hydroxylation sites is 2. The van der Waals surface area contributed by atoms with Gasteiger partial charge in [0, 0.05) is 13.7 Å². The first kappa shape index (κ1) is 19.2. The molecule has 0 amide bonds. The number of nitriles is 1. The van der Waals surface area contributed by atoms with E-state index in [4.69, 9.17) is 9.47 Å². The van der Waals surface area contributed by atoms with Gasteiger partial charge in [0.2, 0.25) is 6.19 Å². The third-order valence-corrected chi connectivity index (χ3v) is 6.77. The Labute approximate surface area is 182 Å². The maximum atomic E-state index is 14.0. The van der Waals surface area contributed by atoms with E-state index in [1.165, 1.54) is 0 Å².